The Kier molecular flexibility index (Phi) is 7.57. The van der Waals surface area contributed by atoms with Gasteiger partial charge in [0.1, 0.15) is 0 Å². The molecule has 0 aliphatic carbocycles. The van der Waals surface area contributed by atoms with Crippen molar-refractivity contribution in [2.75, 3.05) is 13.1 Å². The maximum atomic E-state index is 11.1. The number of carboxylic acids is 1. The summed E-state index contributed by atoms with van der Waals surface area (Å²) >= 11 is 0. The molecule has 15 heavy (non-hydrogen) atoms. The molecule has 1 amide bonds. The van der Waals surface area contributed by atoms with E-state index in [0.717, 1.165) is 19.3 Å². The summed E-state index contributed by atoms with van der Waals surface area (Å²) in [5.74, 6) is -1.58. The van der Waals surface area contributed by atoms with Crippen molar-refractivity contribution in [3.05, 3.63) is 0 Å². The average Bonchev–Trinajstić information content (AvgIpc) is 2.20. The number of aliphatic hydroxyl groups is 1. The van der Waals surface area contributed by atoms with E-state index in [1.807, 2.05) is 0 Å². The zero-order chi connectivity index (χ0) is 11.7. The summed E-state index contributed by atoms with van der Waals surface area (Å²) in [6.45, 7) is 0.365. The molecule has 0 bridgehead atoms. The standard InChI is InChI=1S/C9H18N2O4/c10-5-3-1-2-4-8(13)11-6-7(12)9(14)15/h7,12H,1-6,10H2,(H,11,13)(H,14,15)/t7-/m0/s1. The van der Waals surface area contributed by atoms with Crippen LogP contribution in [-0.4, -0.2) is 41.3 Å². The molecule has 0 aliphatic rings. The zero-order valence-electron chi connectivity index (χ0n) is 8.61. The molecule has 88 valence electrons. The number of nitrogens with one attached hydrogen (secondary N) is 1. The van der Waals surface area contributed by atoms with Gasteiger partial charge in [0.15, 0.2) is 6.10 Å². The number of aliphatic carboxylic acids is 1. The van der Waals surface area contributed by atoms with Gasteiger partial charge in [-0.05, 0) is 19.4 Å². The molecule has 6 nitrogen and oxygen atoms in total. The first-order valence-corrected chi connectivity index (χ1v) is 4.95. The van der Waals surface area contributed by atoms with Gasteiger partial charge in [0.05, 0.1) is 6.54 Å². The summed E-state index contributed by atoms with van der Waals surface area (Å²) in [4.78, 5) is 21.3. The first-order valence-electron chi connectivity index (χ1n) is 4.95. The number of amides is 1. The largest absolute Gasteiger partial charge is 0.479 e. The van der Waals surface area contributed by atoms with E-state index in [2.05, 4.69) is 5.32 Å². The summed E-state index contributed by atoms with van der Waals surface area (Å²) < 4.78 is 0. The SMILES string of the molecule is NCCCCCC(=O)NC[C@H](O)C(=O)O. The van der Waals surface area contributed by atoms with Crippen LogP contribution in [0.5, 0.6) is 0 Å². The van der Waals surface area contributed by atoms with Crippen LogP contribution in [0.1, 0.15) is 25.7 Å². The topological polar surface area (TPSA) is 113 Å². The number of carboxylic acid groups (broad SMARTS) is 1. The monoisotopic (exact) mass is 218 g/mol. The molecule has 0 aromatic heterocycles. The van der Waals surface area contributed by atoms with Crippen LogP contribution < -0.4 is 11.1 Å². The van der Waals surface area contributed by atoms with Crippen LogP contribution in [-0.2, 0) is 9.59 Å². The van der Waals surface area contributed by atoms with E-state index in [-0.39, 0.29) is 12.5 Å². The molecule has 0 unspecified atom stereocenters. The number of rotatable bonds is 8. The summed E-state index contributed by atoms with van der Waals surface area (Å²) in [7, 11) is 0. The third kappa shape index (κ3) is 7.90. The molecule has 0 spiro atoms. The molecule has 0 aromatic rings. The zero-order valence-corrected chi connectivity index (χ0v) is 8.61. The van der Waals surface area contributed by atoms with E-state index >= 15 is 0 Å². The first-order chi connectivity index (χ1) is 7.07. The number of nitrogens with two attached hydrogens (primary N) is 1. The molecule has 0 saturated carbocycles. The van der Waals surface area contributed by atoms with Gasteiger partial charge in [-0.1, -0.05) is 6.42 Å². The van der Waals surface area contributed by atoms with Crippen molar-refractivity contribution in [3.8, 4) is 0 Å². The minimum atomic E-state index is -1.53. The highest BCUT2D eigenvalue weighted by atomic mass is 16.4. The van der Waals surface area contributed by atoms with Crippen molar-refractivity contribution in [3.63, 3.8) is 0 Å². The number of aliphatic hydroxyl groups excluding tert-OH is 1. The van der Waals surface area contributed by atoms with Gasteiger partial charge < -0.3 is 21.3 Å². The van der Waals surface area contributed by atoms with E-state index < -0.39 is 12.1 Å². The van der Waals surface area contributed by atoms with E-state index in [0.29, 0.717) is 13.0 Å². The minimum Gasteiger partial charge on any atom is -0.479 e. The Labute approximate surface area is 88.5 Å². The summed E-state index contributed by atoms with van der Waals surface area (Å²) in [5.41, 5.74) is 5.28. The quantitative estimate of drug-likeness (QED) is 0.393. The number of carbonyl (C=O) groups excluding carboxylic acids is 1. The summed E-state index contributed by atoms with van der Waals surface area (Å²) in [6.07, 6.45) is 1.30. The first kappa shape index (κ1) is 13.9. The summed E-state index contributed by atoms with van der Waals surface area (Å²) in [6, 6.07) is 0. The van der Waals surface area contributed by atoms with E-state index in [1.54, 1.807) is 0 Å². The van der Waals surface area contributed by atoms with Crippen LogP contribution in [0.2, 0.25) is 0 Å². The Hall–Kier alpha value is -1.14. The van der Waals surface area contributed by atoms with Crippen LogP contribution >= 0.6 is 0 Å². The Bertz CT molecular complexity index is 208. The lowest BCUT2D eigenvalue weighted by molar-refractivity contribution is -0.146. The van der Waals surface area contributed by atoms with Crippen LogP contribution in [0.3, 0.4) is 0 Å². The maximum absolute atomic E-state index is 11.1. The normalized spacial score (nSPS) is 12.1. The van der Waals surface area contributed by atoms with Crippen LogP contribution in [0.25, 0.3) is 0 Å². The molecule has 1 atom stereocenters. The molecule has 0 radical (unpaired) electrons. The third-order valence-electron chi connectivity index (χ3n) is 1.89. The van der Waals surface area contributed by atoms with Crippen molar-refractivity contribution >= 4 is 11.9 Å². The predicted octanol–water partition coefficient (Wildman–Crippen LogP) is -0.933. The van der Waals surface area contributed by atoms with Crippen molar-refractivity contribution in [2.24, 2.45) is 5.73 Å². The molecule has 0 aromatic carbocycles. The van der Waals surface area contributed by atoms with Crippen molar-refractivity contribution in [2.45, 2.75) is 31.8 Å². The lowest BCUT2D eigenvalue weighted by atomic mass is 10.2. The van der Waals surface area contributed by atoms with Crippen molar-refractivity contribution < 1.29 is 19.8 Å². The van der Waals surface area contributed by atoms with Gasteiger partial charge in [0.2, 0.25) is 5.91 Å². The van der Waals surface area contributed by atoms with Gasteiger partial charge in [-0.25, -0.2) is 4.79 Å². The maximum Gasteiger partial charge on any atom is 0.334 e. The van der Waals surface area contributed by atoms with Gasteiger partial charge in [-0.2, -0.15) is 0 Å². The molecule has 0 heterocycles. The number of carbonyl (C=O) groups is 2. The molecule has 0 saturated heterocycles. The van der Waals surface area contributed by atoms with Gasteiger partial charge in [-0.15, -0.1) is 0 Å². The Morgan fingerprint density at radius 1 is 1.27 bits per heavy atom. The van der Waals surface area contributed by atoms with E-state index in [4.69, 9.17) is 15.9 Å². The highest BCUT2D eigenvalue weighted by Gasteiger charge is 2.13. The third-order valence-corrected chi connectivity index (χ3v) is 1.89. The van der Waals surface area contributed by atoms with Crippen molar-refractivity contribution in [1.29, 1.82) is 0 Å². The molecule has 0 rings (SSSR count). The number of hydrogen-bond donors (Lipinski definition) is 4. The molecule has 5 N–H and O–H groups in total. The van der Waals surface area contributed by atoms with Crippen LogP contribution in [0, 0.1) is 0 Å². The Balaban J connectivity index is 3.45. The highest BCUT2D eigenvalue weighted by molar-refractivity contribution is 5.77. The molecule has 0 aliphatic heterocycles. The second-order valence-electron chi connectivity index (χ2n) is 3.26. The fourth-order valence-electron chi connectivity index (χ4n) is 0.993. The number of unbranched alkanes of at least 4 members (excludes halogenated alkanes) is 2. The van der Waals surface area contributed by atoms with E-state index in [9.17, 15) is 9.59 Å². The minimum absolute atomic E-state index is 0.243. The lowest BCUT2D eigenvalue weighted by Crippen LogP contribution is -2.36. The van der Waals surface area contributed by atoms with Gasteiger partial charge in [-0.3, -0.25) is 4.79 Å². The highest BCUT2D eigenvalue weighted by Crippen LogP contribution is 1.98. The lowest BCUT2D eigenvalue weighted by Gasteiger charge is -2.07. The summed E-state index contributed by atoms with van der Waals surface area (Å²) in [5, 5.41) is 19.5. The average molecular weight is 218 g/mol. The molecule has 6 heteroatoms. The van der Waals surface area contributed by atoms with Gasteiger partial charge >= 0.3 is 5.97 Å². The molecular formula is C9H18N2O4. The second kappa shape index (κ2) is 8.19. The van der Waals surface area contributed by atoms with E-state index in [1.165, 1.54) is 0 Å². The predicted molar refractivity (Wildman–Crippen MR) is 54.2 cm³/mol. The fourth-order valence-corrected chi connectivity index (χ4v) is 0.993. The fraction of sp³-hybridized carbons (Fsp3) is 0.778. The number of hydrogen-bond acceptors (Lipinski definition) is 4. The Morgan fingerprint density at radius 3 is 2.47 bits per heavy atom. The Morgan fingerprint density at radius 2 is 1.93 bits per heavy atom. The van der Waals surface area contributed by atoms with Gasteiger partial charge in [0.25, 0.3) is 0 Å². The molecule has 0 fully saturated rings. The smallest absolute Gasteiger partial charge is 0.334 e. The van der Waals surface area contributed by atoms with Crippen LogP contribution in [0.15, 0.2) is 0 Å². The van der Waals surface area contributed by atoms with Crippen molar-refractivity contribution in [1.82, 2.24) is 5.32 Å². The molecular weight excluding hydrogens is 200 g/mol. The van der Waals surface area contributed by atoms with Crippen LogP contribution in [0.4, 0.5) is 0 Å². The second-order valence-corrected chi connectivity index (χ2v) is 3.26. The van der Waals surface area contributed by atoms with Gasteiger partial charge in [0, 0.05) is 6.42 Å².